The number of methoxy groups -OCH3 is 1. The number of benzene rings is 3. The molecule has 0 atom stereocenters. The number of anilines is 1. The molecule has 9 heteroatoms. The van der Waals surface area contributed by atoms with Crippen LogP contribution in [0.15, 0.2) is 81.4 Å². The Hall–Kier alpha value is -4.11. The van der Waals surface area contributed by atoms with E-state index in [1.807, 2.05) is 32.0 Å². The highest BCUT2D eigenvalue weighted by molar-refractivity contribution is 7.92. The Kier molecular flexibility index (Phi) is 6.61. The highest BCUT2D eigenvalue weighted by atomic mass is 32.2. The molecule has 0 radical (unpaired) electrons. The van der Waals surface area contributed by atoms with Crippen molar-refractivity contribution in [2.24, 2.45) is 4.99 Å². The van der Waals surface area contributed by atoms with Gasteiger partial charge in [0.05, 0.1) is 23.3 Å². The lowest BCUT2D eigenvalue weighted by molar-refractivity contribution is 0.415. The summed E-state index contributed by atoms with van der Waals surface area (Å²) in [7, 11) is -2.38. The van der Waals surface area contributed by atoms with Gasteiger partial charge in [-0.1, -0.05) is 24.3 Å². The standard InChI is InChI=1S/C26H26N4O4S/c1-17-10-11-21(14-18(17)2)30-26(31)23(19(3)28-30)16-27-24-13-12-22(15-25(24)34-4)35(32,33)29-20-8-6-5-7-9-20/h5-16,28-29H,1-4H3. The van der Waals surface area contributed by atoms with Gasteiger partial charge >= 0.3 is 0 Å². The van der Waals surface area contributed by atoms with Crippen LogP contribution in [0, 0.1) is 20.8 Å². The van der Waals surface area contributed by atoms with Crippen LogP contribution >= 0.6 is 0 Å². The second-order valence-electron chi connectivity index (χ2n) is 8.12. The van der Waals surface area contributed by atoms with Gasteiger partial charge in [-0.15, -0.1) is 0 Å². The molecule has 0 aliphatic heterocycles. The second-order valence-corrected chi connectivity index (χ2v) is 9.81. The number of rotatable bonds is 7. The fraction of sp³-hybridized carbons (Fsp3) is 0.154. The van der Waals surface area contributed by atoms with Gasteiger partial charge in [-0.25, -0.2) is 13.1 Å². The number of aromatic nitrogens is 2. The maximum atomic E-state index is 13.0. The highest BCUT2D eigenvalue weighted by Gasteiger charge is 2.17. The van der Waals surface area contributed by atoms with Crippen LogP contribution in [-0.2, 0) is 10.0 Å². The van der Waals surface area contributed by atoms with Gasteiger partial charge in [-0.3, -0.25) is 19.6 Å². The van der Waals surface area contributed by atoms with E-state index in [2.05, 4.69) is 14.8 Å². The van der Waals surface area contributed by atoms with Crippen molar-refractivity contribution in [3.05, 3.63) is 99.5 Å². The summed E-state index contributed by atoms with van der Waals surface area (Å²) in [5.41, 5.74) is 4.62. The van der Waals surface area contributed by atoms with Gasteiger partial charge in [0.15, 0.2) is 0 Å². The summed E-state index contributed by atoms with van der Waals surface area (Å²) in [5.74, 6) is 0.264. The summed E-state index contributed by atoms with van der Waals surface area (Å²) in [6.45, 7) is 5.80. The number of aromatic amines is 1. The van der Waals surface area contributed by atoms with E-state index < -0.39 is 10.0 Å². The van der Waals surface area contributed by atoms with E-state index in [9.17, 15) is 13.2 Å². The van der Waals surface area contributed by atoms with Crippen LogP contribution in [0.2, 0.25) is 0 Å². The van der Waals surface area contributed by atoms with Gasteiger partial charge < -0.3 is 4.74 Å². The summed E-state index contributed by atoms with van der Waals surface area (Å²) in [4.78, 5) is 17.5. The average Bonchev–Trinajstić information content (AvgIpc) is 3.12. The minimum Gasteiger partial charge on any atom is -0.494 e. The molecule has 0 fully saturated rings. The number of aliphatic imine (C=N–C) groups is 1. The first-order valence-electron chi connectivity index (χ1n) is 10.9. The lowest BCUT2D eigenvalue weighted by atomic mass is 10.1. The van der Waals surface area contributed by atoms with E-state index >= 15 is 0 Å². The summed E-state index contributed by atoms with van der Waals surface area (Å²) < 4.78 is 35.0. The Bertz CT molecular complexity index is 1570. The van der Waals surface area contributed by atoms with Crippen molar-refractivity contribution in [1.82, 2.24) is 9.78 Å². The molecule has 0 saturated heterocycles. The number of para-hydroxylation sites is 1. The SMILES string of the molecule is COc1cc(S(=O)(=O)Nc2ccccc2)ccc1N=Cc1c(C)[nH]n(-c2ccc(C)c(C)c2)c1=O. The van der Waals surface area contributed by atoms with Gasteiger partial charge in [0.1, 0.15) is 11.4 Å². The van der Waals surface area contributed by atoms with Crippen molar-refractivity contribution < 1.29 is 13.2 Å². The Morgan fingerprint density at radius 1 is 0.971 bits per heavy atom. The number of nitrogens with zero attached hydrogens (tertiary/aromatic N) is 2. The van der Waals surface area contributed by atoms with Crippen LogP contribution in [0.5, 0.6) is 5.75 Å². The van der Waals surface area contributed by atoms with Crippen LogP contribution < -0.4 is 15.0 Å². The number of sulfonamides is 1. The summed E-state index contributed by atoms with van der Waals surface area (Å²) >= 11 is 0. The van der Waals surface area contributed by atoms with Crippen molar-refractivity contribution in [3.8, 4) is 11.4 Å². The van der Waals surface area contributed by atoms with E-state index in [4.69, 9.17) is 4.74 Å². The Morgan fingerprint density at radius 3 is 2.40 bits per heavy atom. The molecule has 4 rings (SSSR count). The van der Waals surface area contributed by atoms with E-state index in [0.717, 1.165) is 16.8 Å². The second kappa shape index (κ2) is 9.63. The molecule has 2 N–H and O–H groups in total. The van der Waals surface area contributed by atoms with Gasteiger partial charge in [0.2, 0.25) is 0 Å². The average molecular weight is 491 g/mol. The molecular formula is C26H26N4O4S. The monoisotopic (exact) mass is 490 g/mol. The van der Waals surface area contributed by atoms with E-state index in [0.29, 0.717) is 22.6 Å². The van der Waals surface area contributed by atoms with E-state index in [1.165, 1.54) is 30.1 Å². The van der Waals surface area contributed by atoms with Crippen LogP contribution in [0.4, 0.5) is 11.4 Å². The zero-order valence-electron chi connectivity index (χ0n) is 19.9. The minimum absolute atomic E-state index is 0.0343. The van der Waals surface area contributed by atoms with Crippen molar-refractivity contribution >= 4 is 27.6 Å². The molecule has 8 nitrogen and oxygen atoms in total. The maximum Gasteiger partial charge on any atom is 0.280 e. The van der Waals surface area contributed by atoms with Crippen molar-refractivity contribution in [1.29, 1.82) is 0 Å². The molecule has 0 amide bonds. The number of aryl methyl sites for hydroxylation is 3. The van der Waals surface area contributed by atoms with Crippen molar-refractivity contribution in [2.75, 3.05) is 11.8 Å². The third-order valence-electron chi connectivity index (χ3n) is 5.69. The molecule has 3 aromatic carbocycles. The van der Waals surface area contributed by atoms with Gasteiger partial charge in [0.25, 0.3) is 15.6 Å². The molecule has 35 heavy (non-hydrogen) atoms. The zero-order valence-corrected chi connectivity index (χ0v) is 20.7. The molecule has 1 aromatic heterocycles. The lowest BCUT2D eigenvalue weighted by Crippen LogP contribution is -2.17. The minimum atomic E-state index is -3.82. The largest absolute Gasteiger partial charge is 0.494 e. The maximum absolute atomic E-state index is 13.0. The van der Waals surface area contributed by atoms with Gasteiger partial charge in [-0.2, -0.15) is 0 Å². The molecule has 0 aliphatic carbocycles. The number of hydrogen-bond acceptors (Lipinski definition) is 5. The smallest absolute Gasteiger partial charge is 0.280 e. The molecule has 0 aliphatic rings. The predicted octanol–water partition coefficient (Wildman–Crippen LogP) is 4.65. The van der Waals surface area contributed by atoms with Crippen molar-refractivity contribution in [3.63, 3.8) is 0 Å². The number of nitrogens with one attached hydrogen (secondary N) is 2. The molecule has 4 aromatic rings. The van der Waals surface area contributed by atoms with Crippen molar-refractivity contribution in [2.45, 2.75) is 25.7 Å². The molecule has 180 valence electrons. The highest BCUT2D eigenvalue weighted by Crippen LogP contribution is 2.31. The van der Waals surface area contributed by atoms with Gasteiger partial charge in [-0.05, 0) is 68.3 Å². The fourth-order valence-electron chi connectivity index (χ4n) is 3.54. The fourth-order valence-corrected chi connectivity index (χ4v) is 4.62. The molecule has 0 bridgehead atoms. The summed E-state index contributed by atoms with van der Waals surface area (Å²) in [6.07, 6.45) is 1.46. The predicted molar refractivity (Wildman–Crippen MR) is 138 cm³/mol. The van der Waals surface area contributed by atoms with E-state index in [-0.39, 0.29) is 16.2 Å². The third kappa shape index (κ3) is 5.04. The Labute approximate surface area is 204 Å². The van der Waals surface area contributed by atoms with Crippen LogP contribution in [-0.4, -0.2) is 31.5 Å². The third-order valence-corrected chi connectivity index (χ3v) is 7.06. The molecule has 0 spiro atoms. The van der Waals surface area contributed by atoms with Crippen LogP contribution in [0.25, 0.3) is 5.69 Å². The molecular weight excluding hydrogens is 464 g/mol. The lowest BCUT2D eigenvalue weighted by Gasteiger charge is -2.10. The van der Waals surface area contributed by atoms with Crippen LogP contribution in [0.1, 0.15) is 22.4 Å². The number of H-pyrrole nitrogens is 1. The zero-order chi connectivity index (χ0) is 25.2. The summed E-state index contributed by atoms with van der Waals surface area (Å²) in [5, 5.41) is 3.09. The van der Waals surface area contributed by atoms with Crippen LogP contribution in [0.3, 0.4) is 0 Å². The van der Waals surface area contributed by atoms with Gasteiger partial charge in [0, 0.05) is 23.7 Å². The first-order valence-corrected chi connectivity index (χ1v) is 12.4. The Morgan fingerprint density at radius 2 is 1.71 bits per heavy atom. The first kappa shape index (κ1) is 24.0. The number of hydrogen-bond donors (Lipinski definition) is 2. The molecule has 1 heterocycles. The Balaban J connectivity index is 1.64. The first-order chi connectivity index (χ1) is 16.7. The quantitative estimate of drug-likeness (QED) is 0.368. The topological polar surface area (TPSA) is 106 Å². The van der Waals surface area contributed by atoms with E-state index in [1.54, 1.807) is 43.3 Å². The normalized spacial score (nSPS) is 11.7. The molecule has 0 saturated carbocycles. The summed E-state index contributed by atoms with van der Waals surface area (Å²) in [6, 6.07) is 18.8. The number of ether oxygens (including phenoxy) is 1. The molecule has 0 unspecified atom stereocenters.